The first kappa shape index (κ1) is 18.9. The molecule has 1 aromatic heterocycles. The Morgan fingerprint density at radius 1 is 1.10 bits per heavy atom. The molecule has 3 aromatic rings. The van der Waals surface area contributed by atoms with Gasteiger partial charge in [0.25, 0.3) is 0 Å². The first-order chi connectivity index (χ1) is 14.1. The van der Waals surface area contributed by atoms with Gasteiger partial charge in [0.2, 0.25) is 18.0 Å². The van der Waals surface area contributed by atoms with Crippen molar-refractivity contribution in [1.29, 1.82) is 0 Å². The maximum atomic E-state index is 13.4. The quantitative estimate of drug-likeness (QED) is 0.604. The number of carbonyl (C=O) groups is 1. The van der Waals surface area contributed by atoms with Gasteiger partial charge in [0, 0.05) is 6.07 Å². The molecular formula is C22H20O7. The van der Waals surface area contributed by atoms with Gasteiger partial charge in [-0.1, -0.05) is 13.0 Å². The molecule has 0 saturated heterocycles. The molecule has 2 heterocycles. The van der Waals surface area contributed by atoms with Gasteiger partial charge in [-0.25, -0.2) is 4.79 Å². The van der Waals surface area contributed by atoms with Crippen LogP contribution in [0.25, 0.3) is 22.1 Å². The summed E-state index contributed by atoms with van der Waals surface area (Å²) in [6.45, 7) is 3.92. The number of carbonyl (C=O) groups excluding carboxylic acids is 1. The van der Waals surface area contributed by atoms with Crippen molar-refractivity contribution in [3.8, 4) is 28.4 Å². The van der Waals surface area contributed by atoms with Crippen molar-refractivity contribution in [3.05, 3.63) is 51.9 Å². The van der Waals surface area contributed by atoms with E-state index in [0.29, 0.717) is 34.6 Å². The maximum Gasteiger partial charge on any atom is 0.375 e. The fraction of sp³-hybridized carbons (Fsp3) is 0.273. The summed E-state index contributed by atoms with van der Waals surface area (Å²) in [6.07, 6.45) is 0.678. The molecule has 7 nitrogen and oxygen atoms in total. The van der Waals surface area contributed by atoms with Crippen LogP contribution in [0.1, 0.15) is 30.0 Å². The summed E-state index contributed by atoms with van der Waals surface area (Å²) in [5.41, 5.74) is 1.42. The van der Waals surface area contributed by atoms with Crippen LogP contribution in [-0.4, -0.2) is 26.5 Å². The Bertz CT molecular complexity index is 1160. The highest BCUT2D eigenvalue weighted by molar-refractivity contribution is 5.98. The molecule has 0 N–H and O–H groups in total. The number of rotatable bonds is 5. The lowest BCUT2D eigenvalue weighted by atomic mass is 10.00. The fourth-order valence-electron chi connectivity index (χ4n) is 3.39. The third kappa shape index (κ3) is 3.18. The second-order valence-electron chi connectivity index (χ2n) is 6.44. The number of esters is 1. The minimum atomic E-state index is -0.710. The number of fused-ring (bicyclic) bond motifs is 2. The molecule has 4 rings (SSSR count). The number of benzene rings is 2. The van der Waals surface area contributed by atoms with E-state index in [1.54, 1.807) is 44.4 Å². The van der Waals surface area contributed by atoms with Gasteiger partial charge in [0.05, 0.1) is 24.7 Å². The average Bonchev–Trinajstić information content (AvgIpc) is 3.20. The fourth-order valence-corrected chi connectivity index (χ4v) is 3.39. The third-order valence-electron chi connectivity index (χ3n) is 4.80. The van der Waals surface area contributed by atoms with Crippen LogP contribution < -0.4 is 19.6 Å². The Hall–Kier alpha value is -3.48. The second kappa shape index (κ2) is 7.50. The van der Waals surface area contributed by atoms with E-state index in [4.69, 9.17) is 23.4 Å². The van der Waals surface area contributed by atoms with Crippen LogP contribution in [0.15, 0.2) is 39.5 Å². The van der Waals surface area contributed by atoms with E-state index in [1.807, 2.05) is 6.92 Å². The van der Waals surface area contributed by atoms with E-state index in [-0.39, 0.29) is 35.7 Å². The van der Waals surface area contributed by atoms with Crippen molar-refractivity contribution in [1.82, 2.24) is 0 Å². The number of methoxy groups -OCH3 is 1. The molecule has 29 heavy (non-hydrogen) atoms. The zero-order valence-corrected chi connectivity index (χ0v) is 16.4. The van der Waals surface area contributed by atoms with E-state index in [1.165, 1.54) is 0 Å². The molecule has 150 valence electrons. The van der Waals surface area contributed by atoms with E-state index < -0.39 is 5.97 Å². The van der Waals surface area contributed by atoms with Crippen LogP contribution in [0.5, 0.6) is 17.2 Å². The van der Waals surface area contributed by atoms with Gasteiger partial charge in [-0.15, -0.1) is 0 Å². The molecule has 0 fully saturated rings. The van der Waals surface area contributed by atoms with Gasteiger partial charge in [-0.05, 0) is 42.7 Å². The maximum absolute atomic E-state index is 13.4. The summed E-state index contributed by atoms with van der Waals surface area (Å²) in [4.78, 5) is 26.0. The molecule has 0 spiro atoms. The Balaban J connectivity index is 2.02. The molecule has 0 aliphatic carbocycles. The molecule has 0 bridgehead atoms. The van der Waals surface area contributed by atoms with Crippen molar-refractivity contribution in [3.63, 3.8) is 0 Å². The van der Waals surface area contributed by atoms with Crippen molar-refractivity contribution >= 4 is 16.9 Å². The summed E-state index contributed by atoms with van der Waals surface area (Å²) < 4.78 is 27.1. The van der Waals surface area contributed by atoms with Crippen LogP contribution >= 0.6 is 0 Å². The normalized spacial score (nSPS) is 12.2. The molecule has 0 amide bonds. The summed E-state index contributed by atoms with van der Waals surface area (Å²) in [5.74, 6) is 0.802. The smallest absolute Gasteiger partial charge is 0.375 e. The van der Waals surface area contributed by atoms with E-state index in [0.717, 1.165) is 5.56 Å². The zero-order valence-electron chi connectivity index (χ0n) is 16.4. The number of aryl methyl sites for hydroxylation is 1. The van der Waals surface area contributed by atoms with E-state index >= 15 is 0 Å². The molecule has 0 saturated carbocycles. The van der Waals surface area contributed by atoms with Crippen LogP contribution in [0.4, 0.5) is 0 Å². The Morgan fingerprint density at radius 2 is 1.90 bits per heavy atom. The SMILES string of the molecule is CCOC(=O)c1oc2cc(OC)c(CC)cc2c(=O)c1-c1ccc2c(c1)OCO2. The van der Waals surface area contributed by atoms with Crippen LogP contribution in [0, 0.1) is 0 Å². The van der Waals surface area contributed by atoms with Gasteiger partial charge >= 0.3 is 5.97 Å². The van der Waals surface area contributed by atoms with Crippen LogP contribution in [-0.2, 0) is 11.2 Å². The van der Waals surface area contributed by atoms with E-state index in [2.05, 4.69) is 0 Å². The van der Waals surface area contributed by atoms with Gasteiger partial charge in [-0.2, -0.15) is 0 Å². The lowest BCUT2D eigenvalue weighted by Crippen LogP contribution is -2.15. The molecule has 2 aromatic carbocycles. The molecule has 1 aliphatic rings. The molecule has 7 heteroatoms. The summed E-state index contributed by atoms with van der Waals surface area (Å²) in [5, 5.41) is 0.364. The largest absolute Gasteiger partial charge is 0.496 e. The lowest BCUT2D eigenvalue weighted by Gasteiger charge is -2.12. The van der Waals surface area contributed by atoms with Crippen molar-refractivity contribution in [2.75, 3.05) is 20.5 Å². The van der Waals surface area contributed by atoms with Crippen LogP contribution in [0.3, 0.4) is 0 Å². The lowest BCUT2D eigenvalue weighted by molar-refractivity contribution is 0.0492. The highest BCUT2D eigenvalue weighted by Crippen LogP contribution is 2.37. The molecule has 0 radical (unpaired) electrons. The van der Waals surface area contributed by atoms with Gasteiger partial charge in [0.1, 0.15) is 11.3 Å². The Morgan fingerprint density at radius 3 is 2.62 bits per heavy atom. The predicted molar refractivity (Wildman–Crippen MR) is 106 cm³/mol. The van der Waals surface area contributed by atoms with Gasteiger partial charge in [-0.3, -0.25) is 4.79 Å². The van der Waals surface area contributed by atoms with E-state index in [9.17, 15) is 9.59 Å². The minimum Gasteiger partial charge on any atom is -0.496 e. The molecule has 0 unspecified atom stereocenters. The van der Waals surface area contributed by atoms with Crippen molar-refractivity contribution in [2.24, 2.45) is 0 Å². The Kier molecular flexibility index (Phi) is 4.88. The molecule has 0 atom stereocenters. The second-order valence-corrected chi connectivity index (χ2v) is 6.44. The van der Waals surface area contributed by atoms with Crippen molar-refractivity contribution < 1.29 is 28.2 Å². The topological polar surface area (TPSA) is 84.2 Å². The van der Waals surface area contributed by atoms with Crippen molar-refractivity contribution in [2.45, 2.75) is 20.3 Å². The number of ether oxygens (including phenoxy) is 4. The number of hydrogen-bond donors (Lipinski definition) is 0. The monoisotopic (exact) mass is 396 g/mol. The Labute approximate surface area is 166 Å². The summed E-state index contributed by atoms with van der Waals surface area (Å²) in [7, 11) is 1.55. The standard InChI is InChI=1S/C22H20O7/c1-4-12-8-14-17(10-16(12)25-3)29-21(22(24)26-5-2)19(20(14)23)13-6-7-15-18(9-13)28-11-27-15/h6-10H,4-5,11H2,1-3H3. The number of hydrogen-bond acceptors (Lipinski definition) is 7. The molecule has 1 aliphatic heterocycles. The third-order valence-corrected chi connectivity index (χ3v) is 4.80. The minimum absolute atomic E-state index is 0.107. The summed E-state index contributed by atoms with van der Waals surface area (Å²) in [6, 6.07) is 8.42. The predicted octanol–water partition coefficient (Wildman–Crippen LogP) is 3.94. The molecular weight excluding hydrogens is 376 g/mol. The highest BCUT2D eigenvalue weighted by Gasteiger charge is 2.25. The first-order valence-electron chi connectivity index (χ1n) is 9.32. The average molecular weight is 396 g/mol. The van der Waals surface area contributed by atoms with Gasteiger partial charge in [0.15, 0.2) is 11.5 Å². The first-order valence-corrected chi connectivity index (χ1v) is 9.32. The zero-order chi connectivity index (χ0) is 20.5. The van der Waals surface area contributed by atoms with Crippen LogP contribution in [0.2, 0.25) is 0 Å². The summed E-state index contributed by atoms with van der Waals surface area (Å²) >= 11 is 0. The highest BCUT2D eigenvalue weighted by atomic mass is 16.7. The van der Waals surface area contributed by atoms with Gasteiger partial charge < -0.3 is 23.4 Å².